The van der Waals surface area contributed by atoms with Crippen LogP contribution in [0.5, 0.6) is 17.2 Å². The van der Waals surface area contributed by atoms with E-state index < -0.39 is 16.1 Å². The van der Waals surface area contributed by atoms with Crippen LogP contribution < -0.4 is 19.5 Å². The third-order valence-electron chi connectivity index (χ3n) is 5.58. The van der Waals surface area contributed by atoms with Crippen LogP contribution in [0.25, 0.3) is 0 Å². The van der Waals surface area contributed by atoms with Crippen molar-refractivity contribution in [1.82, 2.24) is 9.21 Å². The number of carbonyl (C=O) groups excluding carboxylic acids is 1. The number of benzene rings is 2. The van der Waals surface area contributed by atoms with Gasteiger partial charge in [-0.15, -0.1) is 0 Å². The van der Waals surface area contributed by atoms with Crippen molar-refractivity contribution in [3.05, 3.63) is 42.0 Å². The summed E-state index contributed by atoms with van der Waals surface area (Å²) >= 11 is 0. The molecule has 184 valence electrons. The highest BCUT2D eigenvalue weighted by molar-refractivity contribution is 7.89. The number of carbonyl (C=O) groups is 1. The summed E-state index contributed by atoms with van der Waals surface area (Å²) in [6.45, 7) is 6.91. The molecule has 0 unspecified atom stereocenters. The van der Waals surface area contributed by atoms with Crippen molar-refractivity contribution < 1.29 is 32.2 Å². The topological polar surface area (TPSA) is 107 Å². The van der Waals surface area contributed by atoms with E-state index in [0.29, 0.717) is 45.1 Å². The lowest BCUT2D eigenvalue weighted by Gasteiger charge is -2.34. The van der Waals surface area contributed by atoms with Crippen LogP contribution in [0, 0.1) is 0 Å². The molecule has 1 fully saturated rings. The van der Waals surface area contributed by atoms with Gasteiger partial charge in [0.05, 0.1) is 23.8 Å². The van der Waals surface area contributed by atoms with Crippen LogP contribution >= 0.6 is 0 Å². The van der Waals surface area contributed by atoms with Gasteiger partial charge in [0, 0.05) is 32.7 Å². The Morgan fingerprint density at radius 3 is 2.50 bits per heavy atom. The van der Waals surface area contributed by atoms with E-state index in [1.54, 1.807) is 13.0 Å². The Morgan fingerprint density at radius 2 is 1.76 bits per heavy atom. The summed E-state index contributed by atoms with van der Waals surface area (Å²) in [6, 6.07) is 10.3. The van der Waals surface area contributed by atoms with E-state index in [1.807, 2.05) is 25.1 Å². The second-order valence-electron chi connectivity index (χ2n) is 7.80. The first kappa shape index (κ1) is 24.1. The molecule has 0 bridgehead atoms. The van der Waals surface area contributed by atoms with Gasteiger partial charge in [-0.1, -0.05) is 6.07 Å². The fourth-order valence-corrected chi connectivity index (χ4v) is 5.35. The second kappa shape index (κ2) is 10.5. The van der Waals surface area contributed by atoms with Gasteiger partial charge >= 0.3 is 6.09 Å². The Bertz CT molecular complexity index is 1130. The lowest BCUT2D eigenvalue weighted by Crippen LogP contribution is -2.48. The monoisotopic (exact) mass is 491 g/mol. The van der Waals surface area contributed by atoms with Crippen LogP contribution in [0.4, 0.5) is 10.5 Å². The first-order valence-corrected chi connectivity index (χ1v) is 12.7. The molecule has 2 heterocycles. The van der Waals surface area contributed by atoms with Crippen molar-refractivity contribution in [3.63, 3.8) is 0 Å². The van der Waals surface area contributed by atoms with Gasteiger partial charge in [-0.25, -0.2) is 13.2 Å². The third kappa shape index (κ3) is 5.37. The predicted molar refractivity (Wildman–Crippen MR) is 125 cm³/mol. The molecule has 0 aliphatic carbocycles. The molecule has 0 aromatic heterocycles. The molecule has 2 aliphatic rings. The van der Waals surface area contributed by atoms with Crippen LogP contribution in [0.15, 0.2) is 41.3 Å². The van der Waals surface area contributed by atoms with Gasteiger partial charge in [-0.2, -0.15) is 4.31 Å². The van der Waals surface area contributed by atoms with Crippen LogP contribution in [-0.2, 0) is 21.3 Å². The van der Waals surface area contributed by atoms with Crippen LogP contribution in [0.2, 0.25) is 0 Å². The molecule has 1 saturated heterocycles. The number of nitrogens with zero attached hydrogens (tertiary/aromatic N) is 2. The van der Waals surface area contributed by atoms with E-state index in [0.717, 1.165) is 17.1 Å². The standard InChI is InChI=1S/C23H29N3O7S/c1-3-30-20-8-6-18(14-19(20)24-23(27)31-4-2)34(28,29)26-11-9-25(10-12-26)15-17-5-7-21-22(13-17)33-16-32-21/h5-8,13-14H,3-4,9-12,15-16H2,1-2H3,(H,24,27). The SMILES string of the molecule is CCOC(=O)Nc1cc(S(=O)(=O)N2CCN(Cc3ccc4c(c3)OCO4)CC2)ccc1OCC. The Labute approximate surface area is 199 Å². The Morgan fingerprint density at radius 1 is 1.00 bits per heavy atom. The van der Waals surface area contributed by atoms with E-state index in [4.69, 9.17) is 18.9 Å². The van der Waals surface area contributed by atoms with Crippen LogP contribution in [0.3, 0.4) is 0 Å². The number of anilines is 1. The first-order valence-electron chi connectivity index (χ1n) is 11.2. The summed E-state index contributed by atoms with van der Waals surface area (Å²) in [6.07, 6.45) is -0.671. The molecule has 10 nitrogen and oxygen atoms in total. The molecule has 0 radical (unpaired) electrons. The molecule has 2 aromatic rings. The Hall–Kier alpha value is -3.02. The molecular weight excluding hydrogens is 462 g/mol. The maximum absolute atomic E-state index is 13.3. The molecule has 0 atom stereocenters. The van der Waals surface area contributed by atoms with Crippen LogP contribution in [-0.4, -0.2) is 69.9 Å². The molecule has 2 aromatic carbocycles. The number of sulfonamides is 1. The summed E-state index contributed by atoms with van der Waals surface area (Å²) in [7, 11) is -3.75. The average Bonchev–Trinajstić information content (AvgIpc) is 3.29. The highest BCUT2D eigenvalue weighted by Crippen LogP contribution is 2.33. The third-order valence-corrected chi connectivity index (χ3v) is 7.47. The number of fused-ring (bicyclic) bond motifs is 1. The van der Waals surface area contributed by atoms with Crippen molar-refractivity contribution in [2.24, 2.45) is 0 Å². The molecule has 34 heavy (non-hydrogen) atoms. The summed E-state index contributed by atoms with van der Waals surface area (Å²) in [5.74, 6) is 1.86. The van der Waals surface area contributed by atoms with E-state index in [9.17, 15) is 13.2 Å². The fraction of sp³-hybridized carbons (Fsp3) is 0.435. The summed E-state index contributed by atoms with van der Waals surface area (Å²) in [5, 5.41) is 2.57. The number of piperazine rings is 1. The molecule has 11 heteroatoms. The summed E-state index contributed by atoms with van der Waals surface area (Å²) in [5.41, 5.74) is 1.34. The molecule has 4 rings (SSSR count). The molecule has 2 aliphatic heterocycles. The fourth-order valence-electron chi connectivity index (χ4n) is 3.90. The van der Waals surface area contributed by atoms with Gasteiger partial charge in [0.25, 0.3) is 0 Å². The number of amides is 1. The van der Waals surface area contributed by atoms with Crippen LogP contribution in [0.1, 0.15) is 19.4 Å². The van der Waals surface area contributed by atoms with E-state index in [2.05, 4.69) is 10.2 Å². The lowest BCUT2D eigenvalue weighted by molar-refractivity contribution is 0.167. The van der Waals surface area contributed by atoms with Gasteiger partial charge in [0.1, 0.15) is 5.75 Å². The number of hydrogen-bond acceptors (Lipinski definition) is 8. The minimum Gasteiger partial charge on any atom is -0.492 e. The van der Waals surface area contributed by atoms with Crippen molar-refractivity contribution in [2.45, 2.75) is 25.3 Å². The molecule has 1 N–H and O–H groups in total. The number of ether oxygens (including phenoxy) is 4. The lowest BCUT2D eigenvalue weighted by atomic mass is 10.2. The van der Waals surface area contributed by atoms with Crippen molar-refractivity contribution in [2.75, 3.05) is 51.5 Å². The van der Waals surface area contributed by atoms with Gasteiger partial charge in [0.2, 0.25) is 16.8 Å². The maximum atomic E-state index is 13.3. The zero-order chi connectivity index (χ0) is 24.1. The van der Waals surface area contributed by atoms with Gasteiger partial charge in [0.15, 0.2) is 11.5 Å². The van der Waals surface area contributed by atoms with E-state index in [-0.39, 0.29) is 24.0 Å². The molecule has 0 spiro atoms. The number of rotatable bonds is 8. The average molecular weight is 492 g/mol. The minimum atomic E-state index is -3.75. The van der Waals surface area contributed by atoms with Gasteiger partial charge in [-0.3, -0.25) is 10.2 Å². The molecular formula is C23H29N3O7S. The van der Waals surface area contributed by atoms with E-state index in [1.165, 1.54) is 16.4 Å². The smallest absolute Gasteiger partial charge is 0.411 e. The zero-order valence-electron chi connectivity index (χ0n) is 19.3. The van der Waals surface area contributed by atoms with Crippen molar-refractivity contribution in [3.8, 4) is 17.2 Å². The predicted octanol–water partition coefficient (Wildman–Crippen LogP) is 2.89. The highest BCUT2D eigenvalue weighted by atomic mass is 32.2. The van der Waals surface area contributed by atoms with Gasteiger partial charge in [-0.05, 0) is 49.7 Å². The number of hydrogen-bond donors (Lipinski definition) is 1. The van der Waals surface area contributed by atoms with Gasteiger partial charge < -0.3 is 18.9 Å². The second-order valence-corrected chi connectivity index (χ2v) is 9.74. The largest absolute Gasteiger partial charge is 0.492 e. The Kier molecular flexibility index (Phi) is 7.44. The molecule has 0 saturated carbocycles. The van der Waals surface area contributed by atoms with Crippen molar-refractivity contribution >= 4 is 21.8 Å². The van der Waals surface area contributed by atoms with E-state index >= 15 is 0 Å². The van der Waals surface area contributed by atoms with Crippen molar-refractivity contribution in [1.29, 1.82) is 0 Å². The normalized spacial score (nSPS) is 16.3. The molecule has 1 amide bonds. The Balaban J connectivity index is 1.42. The number of nitrogens with one attached hydrogen (secondary N) is 1. The minimum absolute atomic E-state index is 0.0898. The summed E-state index contributed by atoms with van der Waals surface area (Å²) < 4.78 is 49.3. The maximum Gasteiger partial charge on any atom is 0.411 e. The highest BCUT2D eigenvalue weighted by Gasteiger charge is 2.29. The summed E-state index contributed by atoms with van der Waals surface area (Å²) in [4.78, 5) is 14.2. The quantitative estimate of drug-likeness (QED) is 0.601. The first-order chi connectivity index (χ1) is 16.4. The zero-order valence-corrected chi connectivity index (χ0v) is 20.1.